The predicted molar refractivity (Wildman–Crippen MR) is 108 cm³/mol. The first-order valence-electron chi connectivity index (χ1n) is 9.46. The van der Waals surface area contributed by atoms with Gasteiger partial charge in [-0.25, -0.2) is 4.68 Å². The lowest BCUT2D eigenvalue weighted by Gasteiger charge is -2.18. The fraction of sp³-hybridized carbons (Fsp3) is 0.350. The summed E-state index contributed by atoms with van der Waals surface area (Å²) in [6.45, 7) is 0.311. The molecule has 2 heterocycles. The summed E-state index contributed by atoms with van der Waals surface area (Å²) in [5.74, 6) is 0.0518. The van der Waals surface area contributed by atoms with Crippen molar-refractivity contribution in [3.63, 3.8) is 0 Å². The summed E-state index contributed by atoms with van der Waals surface area (Å²) < 4.78 is 1.29. The van der Waals surface area contributed by atoms with E-state index in [4.69, 9.17) is 0 Å². The summed E-state index contributed by atoms with van der Waals surface area (Å²) in [6, 6.07) is 12.3. The smallest absolute Gasteiger partial charge is 0.277 e. The van der Waals surface area contributed by atoms with Crippen molar-refractivity contribution in [1.82, 2.24) is 20.0 Å². The molecule has 0 aliphatic heterocycles. The third kappa shape index (κ3) is 4.33. The van der Waals surface area contributed by atoms with Gasteiger partial charge in [-0.1, -0.05) is 60.9 Å². The zero-order valence-corrected chi connectivity index (χ0v) is 16.2. The number of hydrogen-bond acceptors (Lipinski definition) is 6. The van der Waals surface area contributed by atoms with E-state index in [1.54, 1.807) is 0 Å². The molecule has 3 aromatic rings. The van der Waals surface area contributed by atoms with Crippen LogP contribution in [0.1, 0.15) is 59.1 Å². The van der Waals surface area contributed by atoms with Crippen LogP contribution in [0.3, 0.4) is 0 Å². The Hall–Kier alpha value is -2.87. The van der Waals surface area contributed by atoms with Gasteiger partial charge in [0.2, 0.25) is 5.13 Å². The third-order valence-corrected chi connectivity index (χ3v) is 5.89. The summed E-state index contributed by atoms with van der Waals surface area (Å²) in [4.78, 5) is 24.6. The van der Waals surface area contributed by atoms with Gasteiger partial charge in [-0.3, -0.25) is 14.9 Å². The van der Waals surface area contributed by atoms with E-state index in [1.165, 1.54) is 47.4 Å². The van der Waals surface area contributed by atoms with E-state index in [1.807, 2.05) is 30.3 Å². The monoisotopic (exact) mass is 395 g/mol. The molecule has 1 fully saturated rings. The maximum absolute atomic E-state index is 12.6. The molecule has 1 aliphatic carbocycles. The van der Waals surface area contributed by atoms with E-state index in [9.17, 15) is 9.59 Å². The Morgan fingerprint density at radius 1 is 1.07 bits per heavy atom. The molecule has 1 saturated carbocycles. The Morgan fingerprint density at radius 3 is 2.64 bits per heavy atom. The van der Waals surface area contributed by atoms with Crippen LogP contribution in [0.2, 0.25) is 0 Å². The van der Waals surface area contributed by atoms with Gasteiger partial charge >= 0.3 is 0 Å². The van der Waals surface area contributed by atoms with Crippen LogP contribution in [0, 0.1) is 0 Å². The molecule has 0 saturated heterocycles. The number of benzene rings is 1. The molecule has 2 aromatic heterocycles. The topological polar surface area (TPSA) is 89.8 Å². The Bertz CT molecular complexity index is 1010. The molecule has 0 radical (unpaired) electrons. The maximum atomic E-state index is 12.6. The van der Waals surface area contributed by atoms with E-state index < -0.39 is 5.91 Å². The zero-order valence-electron chi connectivity index (χ0n) is 15.4. The van der Waals surface area contributed by atoms with Crippen LogP contribution in [-0.2, 0) is 6.54 Å². The van der Waals surface area contributed by atoms with Crippen LogP contribution in [0.25, 0.3) is 0 Å². The molecule has 0 bridgehead atoms. The minimum absolute atomic E-state index is 0.171. The number of rotatable bonds is 5. The summed E-state index contributed by atoms with van der Waals surface area (Å²) in [7, 11) is 0. The van der Waals surface area contributed by atoms with Gasteiger partial charge < -0.3 is 0 Å². The fourth-order valence-electron chi connectivity index (χ4n) is 3.40. The van der Waals surface area contributed by atoms with Gasteiger partial charge in [0, 0.05) is 12.0 Å². The van der Waals surface area contributed by atoms with Crippen molar-refractivity contribution in [3.05, 3.63) is 69.1 Å². The second-order valence-corrected chi connectivity index (χ2v) is 7.94. The molecule has 144 valence electrons. The van der Waals surface area contributed by atoms with Crippen LogP contribution in [0.4, 0.5) is 5.13 Å². The number of carbonyl (C=O) groups excluding carboxylic acids is 1. The average molecular weight is 395 g/mol. The first-order chi connectivity index (χ1) is 13.7. The quantitative estimate of drug-likeness (QED) is 0.715. The summed E-state index contributed by atoms with van der Waals surface area (Å²) in [5, 5.41) is 16.8. The zero-order chi connectivity index (χ0) is 19.3. The Labute approximate surface area is 166 Å². The minimum Gasteiger partial charge on any atom is -0.295 e. The van der Waals surface area contributed by atoms with E-state index in [2.05, 4.69) is 20.6 Å². The lowest BCUT2D eigenvalue weighted by molar-refractivity contribution is 0.102. The van der Waals surface area contributed by atoms with E-state index in [0.29, 0.717) is 17.6 Å². The van der Waals surface area contributed by atoms with Crippen LogP contribution in [0.15, 0.2) is 47.3 Å². The molecule has 4 rings (SSSR count). The van der Waals surface area contributed by atoms with Crippen LogP contribution < -0.4 is 10.9 Å². The number of hydrogen-bond donors (Lipinski definition) is 1. The van der Waals surface area contributed by atoms with Crippen molar-refractivity contribution in [1.29, 1.82) is 0 Å². The number of anilines is 1. The first-order valence-corrected chi connectivity index (χ1v) is 10.3. The lowest BCUT2D eigenvalue weighted by Crippen LogP contribution is -2.26. The molecule has 1 aromatic carbocycles. The first kappa shape index (κ1) is 18.5. The van der Waals surface area contributed by atoms with Gasteiger partial charge in [-0.05, 0) is 24.5 Å². The normalized spacial score (nSPS) is 14.7. The van der Waals surface area contributed by atoms with Crippen molar-refractivity contribution >= 4 is 22.4 Å². The number of carbonyl (C=O) groups is 1. The Balaban J connectivity index is 1.47. The van der Waals surface area contributed by atoms with Gasteiger partial charge in [0.1, 0.15) is 10.7 Å². The number of nitrogens with zero attached hydrogens (tertiary/aromatic N) is 4. The molecule has 28 heavy (non-hydrogen) atoms. The molecular formula is C20H21N5O2S. The highest BCUT2D eigenvalue weighted by Gasteiger charge is 2.20. The van der Waals surface area contributed by atoms with Crippen molar-refractivity contribution in [2.45, 2.75) is 44.6 Å². The van der Waals surface area contributed by atoms with Gasteiger partial charge in [0.15, 0.2) is 0 Å². The minimum atomic E-state index is -0.395. The largest absolute Gasteiger partial charge is 0.295 e. The second-order valence-electron chi connectivity index (χ2n) is 6.93. The third-order valence-electron chi connectivity index (χ3n) is 4.89. The Kier molecular flexibility index (Phi) is 5.57. The average Bonchev–Trinajstić information content (AvgIpc) is 3.19. The molecular weight excluding hydrogens is 374 g/mol. The SMILES string of the molecule is O=C(Nc1nnc(C2CCCCC2)s1)c1ccc(=O)n(Cc2ccccc2)n1. The molecule has 0 atom stereocenters. The molecule has 1 amide bonds. The summed E-state index contributed by atoms with van der Waals surface area (Å²) in [6.07, 6.45) is 5.99. The summed E-state index contributed by atoms with van der Waals surface area (Å²) in [5.41, 5.74) is 0.858. The lowest BCUT2D eigenvalue weighted by atomic mass is 9.90. The fourth-order valence-corrected chi connectivity index (χ4v) is 4.31. The van der Waals surface area contributed by atoms with Gasteiger partial charge in [-0.2, -0.15) is 5.10 Å². The highest BCUT2D eigenvalue weighted by atomic mass is 32.1. The van der Waals surface area contributed by atoms with E-state index in [-0.39, 0.29) is 11.3 Å². The Morgan fingerprint density at radius 2 is 1.86 bits per heavy atom. The number of nitrogens with one attached hydrogen (secondary N) is 1. The van der Waals surface area contributed by atoms with Gasteiger partial charge in [-0.15, -0.1) is 10.2 Å². The van der Waals surface area contributed by atoms with Gasteiger partial charge in [0.25, 0.3) is 11.5 Å². The van der Waals surface area contributed by atoms with Crippen LogP contribution in [0.5, 0.6) is 0 Å². The van der Waals surface area contributed by atoms with E-state index in [0.717, 1.165) is 23.4 Å². The second kappa shape index (κ2) is 8.43. The van der Waals surface area contributed by atoms with Crippen molar-refractivity contribution < 1.29 is 4.79 Å². The molecule has 8 heteroatoms. The van der Waals surface area contributed by atoms with Crippen molar-refractivity contribution in [3.8, 4) is 0 Å². The number of aromatic nitrogens is 4. The predicted octanol–water partition coefficient (Wildman–Crippen LogP) is 3.44. The maximum Gasteiger partial charge on any atom is 0.277 e. The van der Waals surface area contributed by atoms with Crippen molar-refractivity contribution in [2.24, 2.45) is 0 Å². The molecule has 1 N–H and O–H groups in total. The van der Waals surface area contributed by atoms with Crippen LogP contribution in [-0.4, -0.2) is 25.9 Å². The molecule has 7 nitrogen and oxygen atoms in total. The van der Waals surface area contributed by atoms with Gasteiger partial charge in [0.05, 0.1) is 6.54 Å². The van der Waals surface area contributed by atoms with Crippen molar-refractivity contribution in [2.75, 3.05) is 5.32 Å². The highest BCUT2D eigenvalue weighted by molar-refractivity contribution is 7.15. The van der Waals surface area contributed by atoms with Crippen LogP contribution >= 0.6 is 11.3 Å². The molecule has 1 aliphatic rings. The summed E-state index contributed by atoms with van der Waals surface area (Å²) >= 11 is 1.42. The highest BCUT2D eigenvalue weighted by Crippen LogP contribution is 2.35. The standard InChI is InChI=1S/C20H21N5O2S/c26-17-12-11-16(24-25(17)13-14-7-3-1-4-8-14)18(27)21-20-23-22-19(28-20)15-9-5-2-6-10-15/h1,3-4,7-8,11-12,15H,2,5-6,9-10,13H2,(H,21,23,27). The van der Waals surface area contributed by atoms with E-state index >= 15 is 0 Å². The number of amides is 1. The molecule has 0 spiro atoms. The molecule has 0 unspecified atom stereocenters.